The Labute approximate surface area is 248 Å². The zero-order valence-electron chi connectivity index (χ0n) is 24.1. The molecule has 1 aliphatic heterocycles. The van der Waals surface area contributed by atoms with Gasteiger partial charge in [-0.25, -0.2) is 16.8 Å². The summed E-state index contributed by atoms with van der Waals surface area (Å²) in [6.07, 6.45) is 4.20. The van der Waals surface area contributed by atoms with Crippen LogP contribution < -0.4 is 14.9 Å². The second-order valence-electron chi connectivity index (χ2n) is 11.3. The fraction of sp³-hybridized carbons (Fsp3) is 0.552. The first-order valence-corrected chi connectivity index (χ1v) is 17.8. The summed E-state index contributed by atoms with van der Waals surface area (Å²) < 4.78 is 57.4. The van der Waals surface area contributed by atoms with E-state index in [-0.39, 0.29) is 41.2 Å². The van der Waals surface area contributed by atoms with Crippen LogP contribution in [0.5, 0.6) is 5.75 Å². The monoisotopic (exact) mass is 623 g/mol. The van der Waals surface area contributed by atoms with Crippen molar-refractivity contribution >= 4 is 31.5 Å². The summed E-state index contributed by atoms with van der Waals surface area (Å²) in [7, 11) is -7.26. The van der Waals surface area contributed by atoms with Gasteiger partial charge >= 0.3 is 5.97 Å². The van der Waals surface area contributed by atoms with E-state index < -0.39 is 37.5 Å². The summed E-state index contributed by atoms with van der Waals surface area (Å²) in [5.41, 5.74) is 0.475. The Morgan fingerprint density at radius 1 is 1.07 bits per heavy atom. The maximum atomic E-state index is 13.2. The molecule has 1 saturated carbocycles. The van der Waals surface area contributed by atoms with Crippen LogP contribution in [-0.4, -0.2) is 77.1 Å². The minimum Gasteiger partial charge on any atom is -0.508 e. The zero-order chi connectivity index (χ0) is 30.5. The maximum absolute atomic E-state index is 13.2. The molecule has 2 fully saturated rings. The molecule has 0 spiro atoms. The van der Waals surface area contributed by atoms with Gasteiger partial charge in [0.05, 0.1) is 23.4 Å². The highest BCUT2D eigenvalue weighted by Crippen LogP contribution is 2.33. The van der Waals surface area contributed by atoms with E-state index in [1.807, 2.05) is 0 Å². The quantitative estimate of drug-likeness (QED) is 0.258. The van der Waals surface area contributed by atoms with E-state index in [2.05, 4.69) is 14.9 Å². The molecule has 232 valence electrons. The number of sulfone groups is 1. The molecule has 0 radical (unpaired) electrons. The number of piperidine rings is 1. The van der Waals surface area contributed by atoms with Crippen LogP contribution in [0.1, 0.15) is 62.7 Å². The van der Waals surface area contributed by atoms with Gasteiger partial charge in [-0.05, 0) is 74.6 Å². The van der Waals surface area contributed by atoms with Crippen LogP contribution in [0.25, 0.3) is 0 Å². The first-order valence-electron chi connectivity index (χ1n) is 14.3. The van der Waals surface area contributed by atoms with Gasteiger partial charge in [-0.3, -0.25) is 4.79 Å². The molecular weight excluding hydrogens is 582 g/mol. The van der Waals surface area contributed by atoms with Crippen LogP contribution in [0.4, 0.5) is 5.69 Å². The van der Waals surface area contributed by atoms with Crippen molar-refractivity contribution in [2.75, 3.05) is 37.4 Å². The lowest BCUT2D eigenvalue weighted by Crippen LogP contribution is -2.53. The van der Waals surface area contributed by atoms with Crippen LogP contribution >= 0.6 is 0 Å². The highest BCUT2D eigenvalue weighted by atomic mass is 32.2. The Balaban J connectivity index is 1.30. The summed E-state index contributed by atoms with van der Waals surface area (Å²) >= 11 is 0. The van der Waals surface area contributed by atoms with E-state index in [0.717, 1.165) is 50.7 Å². The number of carbonyl (C=O) groups is 1. The molecule has 2 aliphatic rings. The number of phenols is 1. The number of hydrogen-bond acceptors (Lipinski definition) is 10. The van der Waals surface area contributed by atoms with Crippen LogP contribution in [0.15, 0.2) is 47.4 Å². The van der Waals surface area contributed by atoms with Crippen molar-refractivity contribution in [3.8, 4) is 5.75 Å². The number of ether oxygens (including phenoxy) is 1. The number of aliphatic hydroxyl groups is 1. The van der Waals surface area contributed by atoms with E-state index in [9.17, 15) is 31.8 Å². The molecule has 1 aliphatic carbocycles. The number of nitrogens with one attached hydrogen (secondary N) is 2. The fourth-order valence-electron chi connectivity index (χ4n) is 5.70. The molecule has 42 heavy (non-hydrogen) atoms. The Morgan fingerprint density at radius 2 is 1.71 bits per heavy atom. The summed E-state index contributed by atoms with van der Waals surface area (Å²) in [4.78, 5) is 14.9. The number of rotatable bonds is 12. The van der Waals surface area contributed by atoms with Crippen molar-refractivity contribution in [3.05, 3.63) is 53.6 Å². The molecule has 0 amide bonds. The molecule has 1 atom stereocenters. The molecule has 4 N–H and O–H groups in total. The molecule has 2 aromatic rings. The van der Waals surface area contributed by atoms with Gasteiger partial charge in [0.15, 0.2) is 9.84 Å². The smallest absolute Gasteiger partial charge is 0.327 e. The minimum absolute atomic E-state index is 0.0984. The number of hydrogen-bond donors (Lipinski definition) is 4. The molecule has 11 nitrogen and oxygen atoms in total. The summed E-state index contributed by atoms with van der Waals surface area (Å²) in [5.74, 6) is -0.942. The number of carbonyl (C=O) groups excluding carboxylic acids is 1. The normalized spacial score (nSPS) is 18.6. The first-order chi connectivity index (χ1) is 19.8. The second kappa shape index (κ2) is 13.3. The average molecular weight is 624 g/mol. The average Bonchev–Trinajstić information content (AvgIpc) is 3.42. The third kappa shape index (κ3) is 8.01. The molecular formula is C29H41N3O8S2. The van der Waals surface area contributed by atoms with Crippen LogP contribution in [-0.2, 0) is 35.1 Å². The molecule has 1 heterocycles. The predicted molar refractivity (Wildman–Crippen MR) is 159 cm³/mol. The Hall–Kier alpha value is -2.71. The van der Waals surface area contributed by atoms with Crippen molar-refractivity contribution in [1.29, 1.82) is 0 Å². The Kier molecular flexibility index (Phi) is 10.2. The van der Waals surface area contributed by atoms with Crippen LogP contribution in [0.2, 0.25) is 0 Å². The SMILES string of the molecule is CCOC(=O)C1(NS(=O)(=O)c2ccc(N3CCC(NCC(O)c4ccc(O)c(CS(C)(=O)=O)c4)CC3)cc2)CCCC1. The van der Waals surface area contributed by atoms with Crippen molar-refractivity contribution in [2.45, 2.75) is 73.8 Å². The largest absolute Gasteiger partial charge is 0.508 e. The number of aliphatic hydroxyl groups excluding tert-OH is 1. The molecule has 2 aromatic carbocycles. The number of aromatic hydroxyl groups is 1. The maximum Gasteiger partial charge on any atom is 0.327 e. The predicted octanol–water partition coefficient (Wildman–Crippen LogP) is 2.38. The van der Waals surface area contributed by atoms with Gasteiger partial charge in [-0.2, -0.15) is 4.72 Å². The highest BCUT2D eigenvalue weighted by Gasteiger charge is 2.45. The van der Waals surface area contributed by atoms with E-state index >= 15 is 0 Å². The van der Waals surface area contributed by atoms with Gasteiger partial charge in [0.1, 0.15) is 11.3 Å². The van der Waals surface area contributed by atoms with Gasteiger partial charge in [-0.1, -0.05) is 18.9 Å². The topological polar surface area (TPSA) is 162 Å². The first kappa shape index (κ1) is 32.2. The number of esters is 1. The third-order valence-electron chi connectivity index (χ3n) is 7.97. The lowest BCUT2D eigenvalue weighted by atomic mass is 10.00. The van der Waals surface area contributed by atoms with Gasteiger partial charge in [0.25, 0.3) is 0 Å². The van der Waals surface area contributed by atoms with Crippen molar-refractivity contribution in [3.63, 3.8) is 0 Å². The summed E-state index contributed by atoms with van der Waals surface area (Å²) in [5, 5.41) is 24.0. The number of nitrogens with zero attached hydrogens (tertiary/aromatic N) is 1. The molecule has 13 heteroatoms. The lowest BCUT2D eigenvalue weighted by molar-refractivity contribution is -0.150. The molecule has 4 rings (SSSR count). The zero-order valence-corrected chi connectivity index (χ0v) is 25.7. The fourth-order valence-corrected chi connectivity index (χ4v) is 7.91. The molecule has 1 saturated heterocycles. The van der Waals surface area contributed by atoms with Crippen molar-refractivity contribution in [1.82, 2.24) is 10.0 Å². The highest BCUT2D eigenvalue weighted by molar-refractivity contribution is 7.90. The lowest BCUT2D eigenvalue weighted by Gasteiger charge is -2.34. The third-order valence-corrected chi connectivity index (χ3v) is 10.4. The van der Waals surface area contributed by atoms with Crippen LogP contribution in [0.3, 0.4) is 0 Å². The molecule has 0 aromatic heterocycles. The van der Waals surface area contributed by atoms with Gasteiger partial charge in [-0.15, -0.1) is 0 Å². The standard InChI is InChI=1S/C29H41N3O8S2/c1-3-40-28(35)29(14-4-5-15-29)31-42(38,39)25-9-7-24(8-10-25)32-16-12-23(13-17-32)30-19-27(34)21-6-11-26(33)22(18-21)20-41(2,36)37/h6-11,18,23,27,30-31,33-34H,3-5,12-17,19-20H2,1-2H3. The number of anilines is 1. The van der Waals surface area contributed by atoms with Gasteiger partial charge in [0, 0.05) is 43.2 Å². The molecule has 1 unspecified atom stereocenters. The molecule has 0 bridgehead atoms. The van der Waals surface area contributed by atoms with Crippen molar-refractivity contribution in [2.24, 2.45) is 0 Å². The summed E-state index contributed by atoms with van der Waals surface area (Å²) in [6, 6.07) is 11.3. The van der Waals surface area contributed by atoms with E-state index in [1.165, 1.54) is 12.1 Å². The minimum atomic E-state index is -3.92. The van der Waals surface area contributed by atoms with Gasteiger partial charge in [0.2, 0.25) is 10.0 Å². The van der Waals surface area contributed by atoms with Crippen molar-refractivity contribution < 1.29 is 36.6 Å². The Bertz CT molecular complexity index is 1450. The Morgan fingerprint density at radius 3 is 2.31 bits per heavy atom. The van der Waals surface area contributed by atoms with E-state index in [0.29, 0.717) is 18.4 Å². The summed E-state index contributed by atoms with van der Waals surface area (Å²) in [6.45, 7) is 3.65. The van der Waals surface area contributed by atoms with E-state index in [1.54, 1.807) is 37.3 Å². The second-order valence-corrected chi connectivity index (χ2v) is 15.1. The van der Waals surface area contributed by atoms with Gasteiger partial charge < -0.3 is 25.2 Å². The number of benzene rings is 2. The van der Waals surface area contributed by atoms with E-state index in [4.69, 9.17) is 4.74 Å². The number of phenolic OH excluding ortho intramolecular Hbond substituents is 1. The van der Waals surface area contributed by atoms with Crippen LogP contribution in [0, 0.1) is 0 Å². The number of sulfonamides is 1.